The average molecular weight is 214 g/mol. The summed E-state index contributed by atoms with van der Waals surface area (Å²) in [7, 11) is 1.62. The van der Waals surface area contributed by atoms with Gasteiger partial charge in [0.25, 0.3) is 0 Å². The van der Waals surface area contributed by atoms with Crippen molar-refractivity contribution in [1.82, 2.24) is 0 Å². The van der Waals surface area contributed by atoms with Crippen molar-refractivity contribution in [2.75, 3.05) is 20.3 Å². The van der Waals surface area contributed by atoms with E-state index < -0.39 is 5.82 Å². The fourth-order valence-corrected chi connectivity index (χ4v) is 1.19. The van der Waals surface area contributed by atoms with Crippen LogP contribution in [-0.4, -0.2) is 25.4 Å². The SMILES string of the molecule is COCCCOc1cc(F)cc(CO)c1. The molecular weight excluding hydrogens is 199 g/mol. The van der Waals surface area contributed by atoms with E-state index in [9.17, 15) is 4.39 Å². The van der Waals surface area contributed by atoms with Gasteiger partial charge >= 0.3 is 0 Å². The summed E-state index contributed by atoms with van der Waals surface area (Å²) in [5.41, 5.74) is 0.511. The van der Waals surface area contributed by atoms with Crippen LogP contribution in [0.4, 0.5) is 4.39 Å². The first-order valence-electron chi connectivity index (χ1n) is 4.78. The first kappa shape index (κ1) is 11.9. The van der Waals surface area contributed by atoms with Crippen LogP contribution in [0.5, 0.6) is 5.75 Å². The van der Waals surface area contributed by atoms with Crippen LogP contribution in [0.2, 0.25) is 0 Å². The van der Waals surface area contributed by atoms with Gasteiger partial charge < -0.3 is 14.6 Å². The van der Waals surface area contributed by atoms with Crippen molar-refractivity contribution in [2.45, 2.75) is 13.0 Å². The zero-order valence-electron chi connectivity index (χ0n) is 8.70. The van der Waals surface area contributed by atoms with Gasteiger partial charge in [-0.15, -0.1) is 0 Å². The lowest BCUT2D eigenvalue weighted by atomic mass is 10.2. The molecule has 0 aliphatic rings. The van der Waals surface area contributed by atoms with Gasteiger partial charge in [0.15, 0.2) is 0 Å². The number of ether oxygens (including phenoxy) is 2. The van der Waals surface area contributed by atoms with Gasteiger partial charge in [0, 0.05) is 26.2 Å². The summed E-state index contributed by atoms with van der Waals surface area (Å²) < 4.78 is 23.1. The number of halogens is 1. The van der Waals surface area contributed by atoms with E-state index in [1.54, 1.807) is 13.2 Å². The summed E-state index contributed by atoms with van der Waals surface area (Å²) >= 11 is 0. The highest BCUT2D eigenvalue weighted by Gasteiger charge is 2.00. The summed E-state index contributed by atoms with van der Waals surface area (Å²) in [6, 6.07) is 4.20. The molecular formula is C11H15FO3. The molecule has 1 aromatic rings. The maximum atomic E-state index is 13.0. The van der Waals surface area contributed by atoms with E-state index in [0.717, 1.165) is 6.42 Å². The molecule has 0 saturated heterocycles. The lowest BCUT2D eigenvalue weighted by Crippen LogP contribution is -2.02. The van der Waals surface area contributed by atoms with Crippen LogP contribution in [0.3, 0.4) is 0 Å². The predicted octanol–water partition coefficient (Wildman–Crippen LogP) is 1.73. The van der Waals surface area contributed by atoms with Gasteiger partial charge in [0.1, 0.15) is 11.6 Å². The second kappa shape index (κ2) is 6.37. The fourth-order valence-electron chi connectivity index (χ4n) is 1.19. The van der Waals surface area contributed by atoms with Crippen molar-refractivity contribution in [1.29, 1.82) is 0 Å². The molecule has 1 N–H and O–H groups in total. The summed E-state index contributed by atoms with van der Waals surface area (Å²) in [6.45, 7) is 0.899. The molecule has 0 aromatic heterocycles. The maximum absolute atomic E-state index is 13.0. The third-order valence-corrected chi connectivity index (χ3v) is 1.88. The Balaban J connectivity index is 2.49. The summed E-state index contributed by atoms with van der Waals surface area (Å²) in [4.78, 5) is 0. The molecule has 0 amide bonds. The van der Waals surface area contributed by atoms with Gasteiger partial charge in [-0.1, -0.05) is 0 Å². The quantitative estimate of drug-likeness (QED) is 0.733. The van der Waals surface area contributed by atoms with Gasteiger partial charge in [-0.2, -0.15) is 0 Å². The number of hydrogen-bond donors (Lipinski definition) is 1. The van der Waals surface area contributed by atoms with Gasteiger partial charge in [0.2, 0.25) is 0 Å². The van der Waals surface area contributed by atoms with E-state index in [-0.39, 0.29) is 6.61 Å². The molecule has 0 aliphatic carbocycles. The molecule has 0 atom stereocenters. The first-order valence-corrected chi connectivity index (χ1v) is 4.78. The fraction of sp³-hybridized carbons (Fsp3) is 0.455. The molecule has 0 fully saturated rings. The van der Waals surface area contributed by atoms with E-state index >= 15 is 0 Å². The van der Waals surface area contributed by atoms with E-state index in [4.69, 9.17) is 14.6 Å². The number of rotatable bonds is 6. The minimum atomic E-state index is -0.400. The molecule has 1 rings (SSSR count). The molecule has 0 aliphatic heterocycles. The highest BCUT2D eigenvalue weighted by Crippen LogP contribution is 2.16. The van der Waals surface area contributed by atoms with Crippen molar-refractivity contribution in [2.24, 2.45) is 0 Å². The molecule has 1 aromatic carbocycles. The molecule has 0 saturated carbocycles. The van der Waals surface area contributed by atoms with Crippen molar-refractivity contribution < 1.29 is 19.0 Å². The third kappa shape index (κ3) is 4.27. The number of aliphatic hydroxyl groups excluding tert-OH is 1. The minimum absolute atomic E-state index is 0.188. The number of hydrogen-bond acceptors (Lipinski definition) is 3. The molecule has 0 bridgehead atoms. The van der Waals surface area contributed by atoms with Gasteiger partial charge in [-0.3, -0.25) is 0 Å². The van der Waals surface area contributed by atoms with Crippen molar-refractivity contribution >= 4 is 0 Å². The lowest BCUT2D eigenvalue weighted by molar-refractivity contribution is 0.172. The molecule has 0 unspecified atom stereocenters. The van der Waals surface area contributed by atoms with Crippen LogP contribution in [0, 0.1) is 5.82 Å². The van der Waals surface area contributed by atoms with E-state index in [2.05, 4.69) is 0 Å². The highest BCUT2D eigenvalue weighted by molar-refractivity contribution is 5.29. The topological polar surface area (TPSA) is 38.7 Å². The number of methoxy groups -OCH3 is 1. The van der Waals surface area contributed by atoms with E-state index in [1.165, 1.54) is 12.1 Å². The van der Waals surface area contributed by atoms with Crippen LogP contribution in [0.25, 0.3) is 0 Å². The normalized spacial score (nSPS) is 10.3. The molecule has 3 nitrogen and oxygen atoms in total. The van der Waals surface area contributed by atoms with E-state index in [1.807, 2.05) is 0 Å². The summed E-state index contributed by atoms with van der Waals surface area (Å²) in [6.07, 6.45) is 0.751. The van der Waals surface area contributed by atoms with Crippen LogP contribution in [0.1, 0.15) is 12.0 Å². The number of aliphatic hydroxyl groups is 1. The Hall–Kier alpha value is -1.13. The molecule has 4 heteroatoms. The zero-order chi connectivity index (χ0) is 11.1. The Morgan fingerprint density at radius 2 is 2.07 bits per heavy atom. The molecule has 0 radical (unpaired) electrons. The first-order chi connectivity index (χ1) is 7.26. The Morgan fingerprint density at radius 3 is 2.73 bits per heavy atom. The highest BCUT2D eigenvalue weighted by atomic mass is 19.1. The standard InChI is InChI=1S/C11H15FO3/c1-14-3-2-4-15-11-6-9(8-13)5-10(12)7-11/h5-7,13H,2-4,8H2,1H3. The second-order valence-electron chi connectivity index (χ2n) is 3.15. The monoisotopic (exact) mass is 214 g/mol. The van der Waals surface area contributed by atoms with Crippen LogP contribution in [0.15, 0.2) is 18.2 Å². The maximum Gasteiger partial charge on any atom is 0.127 e. The molecule has 0 spiro atoms. The van der Waals surface area contributed by atoms with Gasteiger partial charge in [0.05, 0.1) is 13.2 Å². The largest absolute Gasteiger partial charge is 0.493 e. The summed E-state index contributed by atoms with van der Waals surface area (Å²) in [5, 5.41) is 8.85. The molecule has 15 heavy (non-hydrogen) atoms. The predicted molar refractivity (Wildman–Crippen MR) is 54.3 cm³/mol. The molecule has 84 valence electrons. The zero-order valence-corrected chi connectivity index (χ0v) is 8.70. The van der Waals surface area contributed by atoms with Crippen molar-refractivity contribution in [3.63, 3.8) is 0 Å². The molecule has 0 heterocycles. The van der Waals surface area contributed by atoms with Gasteiger partial charge in [-0.25, -0.2) is 4.39 Å². The lowest BCUT2D eigenvalue weighted by Gasteiger charge is -2.07. The second-order valence-corrected chi connectivity index (χ2v) is 3.15. The van der Waals surface area contributed by atoms with Gasteiger partial charge in [-0.05, 0) is 17.7 Å². The van der Waals surface area contributed by atoms with Crippen molar-refractivity contribution in [3.8, 4) is 5.75 Å². The third-order valence-electron chi connectivity index (χ3n) is 1.88. The van der Waals surface area contributed by atoms with Crippen molar-refractivity contribution in [3.05, 3.63) is 29.6 Å². The minimum Gasteiger partial charge on any atom is -0.493 e. The smallest absolute Gasteiger partial charge is 0.127 e. The Kier molecular flexibility index (Phi) is 5.07. The van der Waals surface area contributed by atoms with Crippen LogP contribution < -0.4 is 4.74 Å². The van der Waals surface area contributed by atoms with Crippen LogP contribution in [-0.2, 0) is 11.3 Å². The Morgan fingerprint density at radius 1 is 1.27 bits per heavy atom. The van der Waals surface area contributed by atoms with Crippen LogP contribution >= 0.6 is 0 Å². The van der Waals surface area contributed by atoms with E-state index in [0.29, 0.717) is 24.5 Å². The average Bonchev–Trinajstić information content (AvgIpc) is 2.23. The Labute approximate surface area is 88.4 Å². The Bertz CT molecular complexity index is 302. The summed E-state index contributed by atoms with van der Waals surface area (Å²) in [5.74, 6) is 0.0402. The number of benzene rings is 1.